The molecule has 18 heavy (non-hydrogen) atoms. The van der Waals surface area contributed by atoms with Crippen LogP contribution in [-0.2, 0) is 0 Å². The van der Waals surface area contributed by atoms with Gasteiger partial charge < -0.3 is 4.90 Å². The molecule has 1 unspecified atom stereocenters. The highest BCUT2D eigenvalue weighted by Gasteiger charge is 2.26. The number of rotatable bonds is 2. The van der Waals surface area contributed by atoms with Crippen molar-refractivity contribution in [2.75, 3.05) is 6.54 Å². The summed E-state index contributed by atoms with van der Waals surface area (Å²) < 4.78 is 13.7. The molecule has 98 valence electrons. The Bertz CT molecular complexity index is 419. The van der Waals surface area contributed by atoms with Gasteiger partial charge in [-0.2, -0.15) is 0 Å². The molecule has 3 heteroatoms. The average molecular weight is 249 g/mol. The van der Waals surface area contributed by atoms with Crippen LogP contribution in [-0.4, -0.2) is 23.4 Å². The van der Waals surface area contributed by atoms with Crippen molar-refractivity contribution in [3.05, 3.63) is 35.6 Å². The van der Waals surface area contributed by atoms with Gasteiger partial charge >= 0.3 is 0 Å². The number of benzene rings is 1. The monoisotopic (exact) mass is 249 g/mol. The summed E-state index contributed by atoms with van der Waals surface area (Å²) in [7, 11) is 0. The number of hydrogen-bond donors (Lipinski definition) is 0. The fraction of sp³-hybridized carbons (Fsp3) is 0.533. The van der Waals surface area contributed by atoms with E-state index >= 15 is 0 Å². The van der Waals surface area contributed by atoms with Crippen molar-refractivity contribution in [3.63, 3.8) is 0 Å². The Kier molecular flexibility index (Phi) is 4.34. The molecule has 0 N–H and O–H groups in total. The number of amides is 1. The van der Waals surface area contributed by atoms with E-state index in [0.717, 1.165) is 32.2 Å². The highest BCUT2D eigenvalue weighted by Crippen LogP contribution is 2.22. The van der Waals surface area contributed by atoms with E-state index in [-0.39, 0.29) is 17.5 Å². The number of halogens is 1. The summed E-state index contributed by atoms with van der Waals surface area (Å²) in [4.78, 5) is 14.3. The normalized spacial score (nSPS) is 20.6. The van der Waals surface area contributed by atoms with Crippen molar-refractivity contribution >= 4 is 5.91 Å². The van der Waals surface area contributed by atoms with Gasteiger partial charge in [-0.05, 0) is 31.4 Å². The van der Waals surface area contributed by atoms with Gasteiger partial charge in [-0.25, -0.2) is 4.39 Å². The lowest BCUT2D eigenvalue weighted by molar-refractivity contribution is 0.0673. The van der Waals surface area contributed by atoms with Crippen LogP contribution < -0.4 is 0 Å². The molecular formula is C15H20FNO. The van der Waals surface area contributed by atoms with Crippen molar-refractivity contribution in [2.24, 2.45) is 0 Å². The molecule has 1 aliphatic heterocycles. The van der Waals surface area contributed by atoms with Gasteiger partial charge in [0.2, 0.25) is 0 Å². The molecule has 1 aromatic carbocycles. The fourth-order valence-electron chi connectivity index (χ4n) is 2.66. The van der Waals surface area contributed by atoms with Gasteiger partial charge in [0.1, 0.15) is 5.82 Å². The van der Waals surface area contributed by atoms with Crippen LogP contribution >= 0.6 is 0 Å². The molecule has 0 aliphatic carbocycles. The lowest BCUT2D eigenvalue weighted by Crippen LogP contribution is -2.40. The van der Waals surface area contributed by atoms with Gasteiger partial charge in [-0.1, -0.05) is 31.9 Å². The molecule has 0 radical (unpaired) electrons. The number of likely N-dealkylation sites (tertiary alicyclic amines) is 1. The first kappa shape index (κ1) is 13.1. The van der Waals surface area contributed by atoms with Gasteiger partial charge in [0.15, 0.2) is 0 Å². The second kappa shape index (κ2) is 5.98. The third-order valence-corrected chi connectivity index (χ3v) is 3.71. The van der Waals surface area contributed by atoms with Gasteiger partial charge in [0, 0.05) is 12.6 Å². The molecule has 0 aromatic heterocycles. The third-order valence-electron chi connectivity index (χ3n) is 3.71. The highest BCUT2D eigenvalue weighted by atomic mass is 19.1. The minimum atomic E-state index is -0.415. The average Bonchev–Trinajstić information content (AvgIpc) is 2.63. The molecule has 1 saturated heterocycles. The zero-order valence-electron chi connectivity index (χ0n) is 10.9. The second-order valence-corrected chi connectivity index (χ2v) is 4.89. The largest absolute Gasteiger partial charge is 0.336 e. The predicted molar refractivity (Wildman–Crippen MR) is 70.0 cm³/mol. The van der Waals surface area contributed by atoms with Gasteiger partial charge in [-0.3, -0.25) is 4.79 Å². The van der Waals surface area contributed by atoms with E-state index in [0.29, 0.717) is 0 Å². The lowest BCUT2D eigenvalue weighted by atomic mass is 10.1. The Balaban J connectivity index is 2.23. The van der Waals surface area contributed by atoms with Crippen LogP contribution in [0, 0.1) is 5.82 Å². The molecular weight excluding hydrogens is 229 g/mol. The number of hydrogen-bond acceptors (Lipinski definition) is 1. The van der Waals surface area contributed by atoms with Crippen molar-refractivity contribution in [1.29, 1.82) is 0 Å². The molecule has 1 atom stereocenters. The van der Waals surface area contributed by atoms with Crippen LogP contribution in [0.2, 0.25) is 0 Å². The zero-order valence-corrected chi connectivity index (χ0v) is 10.9. The van der Waals surface area contributed by atoms with Crippen LogP contribution in [0.4, 0.5) is 4.39 Å². The molecule has 2 rings (SSSR count). The number of carbonyl (C=O) groups excluding carboxylic acids is 1. The van der Waals surface area contributed by atoms with E-state index in [9.17, 15) is 9.18 Å². The van der Waals surface area contributed by atoms with E-state index in [1.54, 1.807) is 18.2 Å². The number of nitrogens with zero attached hydrogens (tertiary/aromatic N) is 1. The Hall–Kier alpha value is -1.38. The summed E-state index contributed by atoms with van der Waals surface area (Å²) in [6.07, 6.45) is 5.34. The van der Waals surface area contributed by atoms with Crippen LogP contribution in [0.1, 0.15) is 49.4 Å². The van der Waals surface area contributed by atoms with Crippen molar-refractivity contribution in [3.8, 4) is 0 Å². The minimum absolute atomic E-state index is 0.151. The molecule has 1 aromatic rings. The highest BCUT2D eigenvalue weighted by molar-refractivity contribution is 5.94. The first-order valence-corrected chi connectivity index (χ1v) is 6.79. The molecule has 1 heterocycles. The fourth-order valence-corrected chi connectivity index (χ4v) is 2.66. The van der Waals surface area contributed by atoms with E-state index in [4.69, 9.17) is 0 Å². The molecule has 0 saturated carbocycles. The molecule has 0 spiro atoms. The summed E-state index contributed by atoms with van der Waals surface area (Å²) in [5.41, 5.74) is 0.206. The van der Waals surface area contributed by atoms with E-state index in [2.05, 4.69) is 6.92 Å². The quantitative estimate of drug-likeness (QED) is 0.784. The molecule has 2 nitrogen and oxygen atoms in total. The standard InChI is InChI=1S/C15H20FNO/c1-2-12-8-4-3-7-11-17(12)15(18)13-9-5-6-10-14(13)16/h5-6,9-10,12H,2-4,7-8,11H2,1H3. The van der Waals surface area contributed by atoms with Crippen LogP contribution in [0.5, 0.6) is 0 Å². The Labute approximate surface area is 108 Å². The van der Waals surface area contributed by atoms with Crippen molar-refractivity contribution in [1.82, 2.24) is 4.90 Å². The summed E-state index contributed by atoms with van der Waals surface area (Å²) >= 11 is 0. The zero-order chi connectivity index (χ0) is 13.0. The van der Waals surface area contributed by atoms with Crippen LogP contribution in [0.15, 0.2) is 24.3 Å². The van der Waals surface area contributed by atoms with Crippen LogP contribution in [0.3, 0.4) is 0 Å². The van der Waals surface area contributed by atoms with Gasteiger partial charge in [0.25, 0.3) is 5.91 Å². The van der Waals surface area contributed by atoms with Gasteiger partial charge in [0.05, 0.1) is 5.56 Å². The topological polar surface area (TPSA) is 20.3 Å². The first-order chi connectivity index (χ1) is 8.74. The summed E-state index contributed by atoms with van der Waals surface area (Å²) in [5, 5.41) is 0. The van der Waals surface area contributed by atoms with Gasteiger partial charge in [-0.15, -0.1) is 0 Å². The van der Waals surface area contributed by atoms with Crippen LogP contribution in [0.25, 0.3) is 0 Å². The molecule has 1 fully saturated rings. The SMILES string of the molecule is CCC1CCCCCN1C(=O)c1ccccc1F. The van der Waals surface area contributed by atoms with E-state index in [1.165, 1.54) is 12.5 Å². The van der Waals surface area contributed by atoms with E-state index in [1.807, 2.05) is 4.90 Å². The first-order valence-electron chi connectivity index (χ1n) is 6.79. The Morgan fingerprint density at radius 2 is 2.11 bits per heavy atom. The smallest absolute Gasteiger partial charge is 0.257 e. The second-order valence-electron chi connectivity index (χ2n) is 4.89. The maximum Gasteiger partial charge on any atom is 0.257 e. The maximum absolute atomic E-state index is 13.7. The molecule has 1 aliphatic rings. The summed E-state index contributed by atoms with van der Waals surface area (Å²) in [6, 6.07) is 6.53. The molecule has 1 amide bonds. The number of carbonyl (C=O) groups is 1. The predicted octanol–water partition coefficient (Wildman–Crippen LogP) is 3.62. The van der Waals surface area contributed by atoms with Crippen molar-refractivity contribution < 1.29 is 9.18 Å². The van der Waals surface area contributed by atoms with E-state index < -0.39 is 5.82 Å². The minimum Gasteiger partial charge on any atom is -0.336 e. The lowest BCUT2D eigenvalue weighted by Gasteiger charge is -2.29. The Morgan fingerprint density at radius 1 is 1.33 bits per heavy atom. The third kappa shape index (κ3) is 2.71. The molecule has 0 bridgehead atoms. The summed E-state index contributed by atoms with van der Waals surface area (Å²) in [5.74, 6) is -0.566. The Morgan fingerprint density at radius 3 is 2.83 bits per heavy atom. The summed E-state index contributed by atoms with van der Waals surface area (Å²) in [6.45, 7) is 2.85. The maximum atomic E-state index is 13.7. The van der Waals surface area contributed by atoms with Crippen molar-refractivity contribution in [2.45, 2.75) is 45.1 Å².